The van der Waals surface area contributed by atoms with Gasteiger partial charge in [-0.1, -0.05) is 0 Å². The molecule has 2 heterocycles. The summed E-state index contributed by atoms with van der Waals surface area (Å²) in [5, 5.41) is 8.25. The van der Waals surface area contributed by atoms with Crippen LogP contribution in [0.25, 0.3) is 6.08 Å². The van der Waals surface area contributed by atoms with Gasteiger partial charge in [0, 0.05) is 19.0 Å². The van der Waals surface area contributed by atoms with Crippen molar-refractivity contribution in [3.8, 4) is 11.8 Å². The highest BCUT2D eigenvalue weighted by Crippen LogP contribution is 2.32. The van der Waals surface area contributed by atoms with E-state index in [1.807, 2.05) is 6.07 Å². The van der Waals surface area contributed by atoms with Gasteiger partial charge in [0.1, 0.15) is 29.7 Å². The minimum atomic E-state index is -3.54. The van der Waals surface area contributed by atoms with Crippen molar-refractivity contribution in [1.82, 2.24) is 9.21 Å². The fourth-order valence-corrected chi connectivity index (χ4v) is 4.51. The molecule has 1 aliphatic rings. The minimum absolute atomic E-state index is 0.0188. The molecule has 0 unspecified atom stereocenters. The molecule has 2 amide bonds. The molecule has 174 valence electrons. The Morgan fingerprint density at radius 1 is 1.24 bits per heavy atom. The molecule has 0 radical (unpaired) electrons. The third-order valence-electron chi connectivity index (χ3n) is 4.50. The molecule has 12 heteroatoms. The molecular weight excluding hydrogens is 473 g/mol. The largest absolute Gasteiger partial charge is 0.492 e. The number of hydrogen-bond donors (Lipinski definition) is 0. The summed E-state index contributed by atoms with van der Waals surface area (Å²) in [7, 11) is -3.54. The summed E-state index contributed by atoms with van der Waals surface area (Å²) in [6.07, 6.45) is 2.50. The lowest BCUT2D eigenvalue weighted by Crippen LogP contribution is -2.32. The SMILES string of the molecule is CS(=O)(=O)N(CCC#N)Cc1ccc(/C=C2\SC(=O)N(CCOc3ccc(F)cc3)C2=O)o1. The van der Waals surface area contributed by atoms with Crippen molar-refractivity contribution in [1.29, 1.82) is 5.26 Å². The van der Waals surface area contributed by atoms with Gasteiger partial charge in [-0.25, -0.2) is 12.8 Å². The number of amides is 2. The van der Waals surface area contributed by atoms with E-state index >= 15 is 0 Å². The van der Waals surface area contributed by atoms with E-state index in [1.54, 1.807) is 12.1 Å². The number of hydrogen-bond acceptors (Lipinski definition) is 8. The number of imide groups is 1. The van der Waals surface area contributed by atoms with E-state index < -0.39 is 27.0 Å². The lowest BCUT2D eigenvalue weighted by molar-refractivity contribution is -0.123. The van der Waals surface area contributed by atoms with Crippen molar-refractivity contribution in [3.63, 3.8) is 0 Å². The normalized spacial score (nSPS) is 15.5. The van der Waals surface area contributed by atoms with Gasteiger partial charge >= 0.3 is 0 Å². The van der Waals surface area contributed by atoms with E-state index in [9.17, 15) is 22.4 Å². The standard InChI is InChI=1S/C21H20FN3O6S2/c1-33(28,29)24(10-2-9-23)14-18-8-7-17(31-18)13-19-20(26)25(21(27)32-19)11-12-30-16-5-3-15(22)4-6-16/h3-8,13H,2,10-12,14H2,1H3/b19-13-. The number of nitriles is 1. The fraction of sp³-hybridized carbons (Fsp3) is 0.286. The highest BCUT2D eigenvalue weighted by Gasteiger charge is 2.35. The van der Waals surface area contributed by atoms with Gasteiger partial charge in [-0.3, -0.25) is 14.5 Å². The highest BCUT2D eigenvalue weighted by atomic mass is 32.2. The third kappa shape index (κ3) is 6.67. The molecule has 0 N–H and O–H groups in total. The summed E-state index contributed by atoms with van der Waals surface area (Å²) >= 11 is 0.754. The Bertz CT molecular complexity index is 1200. The summed E-state index contributed by atoms with van der Waals surface area (Å²) in [5.74, 6) is 0.131. The Hall–Kier alpha value is -3.14. The van der Waals surface area contributed by atoms with Gasteiger partial charge < -0.3 is 9.15 Å². The molecule has 0 atom stereocenters. The van der Waals surface area contributed by atoms with Crippen LogP contribution in [0.1, 0.15) is 17.9 Å². The zero-order valence-electron chi connectivity index (χ0n) is 17.6. The second-order valence-corrected chi connectivity index (χ2v) is 9.92. The minimum Gasteiger partial charge on any atom is -0.492 e. The van der Waals surface area contributed by atoms with Crippen molar-refractivity contribution in [3.05, 3.63) is 58.6 Å². The van der Waals surface area contributed by atoms with Gasteiger partial charge in [0.05, 0.1) is 30.3 Å². The Labute approximate surface area is 194 Å². The molecule has 0 aliphatic carbocycles. The van der Waals surface area contributed by atoms with Gasteiger partial charge in [-0.2, -0.15) is 9.57 Å². The number of nitrogens with zero attached hydrogens (tertiary/aromatic N) is 3. The number of benzene rings is 1. The maximum atomic E-state index is 12.9. The molecule has 0 spiro atoms. The van der Waals surface area contributed by atoms with E-state index in [-0.39, 0.29) is 43.3 Å². The maximum Gasteiger partial charge on any atom is 0.293 e. The number of halogens is 1. The molecule has 2 aromatic rings. The van der Waals surface area contributed by atoms with E-state index in [2.05, 4.69) is 0 Å². The topological polar surface area (TPSA) is 121 Å². The van der Waals surface area contributed by atoms with Crippen LogP contribution in [0.4, 0.5) is 9.18 Å². The monoisotopic (exact) mass is 493 g/mol. The fourth-order valence-electron chi connectivity index (χ4n) is 2.88. The number of carbonyl (C=O) groups is 2. The Kier molecular flexibility index (Phi) is 7.91. The van der Waals surface area contributed by atoms with Crippen LogP contribution in [0, 0.1) is 17.1 Å². The average Bonchev–Trinajstić information content (AvgIpc) is 3.30. The summed E-state index contributed by atoms with van der Waals surface area (Å²) in [6, 6.07) is 10.4. The average molecular weight is 494 g/mol. The van der Waals surface area contributed by atoms with Crippen molar-refractivity contribution in [2.75, 3.05) is 26.0 Å². The predicted molar refractivity (Wildman–Crippen MR) is 119 cm³/mol. The number of rotatable bonds is 10. The maximum absolute atomic E-state index is 12.9. The van der Waals surface area contributed by atoms with E-state index in [0.717, 1.165) is 27.2 Å². The molecule has 0 saturated carbocycles. The van der Waals surface area contributed by atoms with Crippen LogP contribution in [-0.4, -0.2) is 54.7 Å². The molecule has 1 saturated heterocycles. The molecule has 1 aromatic heterocycles. The van der Waals surface area contributed by atoms with Gasteiger partial charge in [0.15, 0.2) is 0 Å². The summed E-state index contributed by atoms with van der Waals surface area (Å²) in [4.78, 5) is 26.0. The molecule has 1 fully saturated rings. The molecule has 33 heavy (non-hydrogen) atoms. The van der Waals surface area contributed by atoms with Crippen LogP contribution in [0.2, 0.25) is 0 Å². The lowest BCUT2D eigenvalue weighted by atomic mass is 10.3. The molecule has 3 rings (SSSR count). The first-order chi connectivity index (χ1) is 15.7. The zero-order valence-corrected chi connectivity index (χ0v) is 19.2. The third-order valence-corrected chi connectivity index (χ3v) is 6.66. The van der Waals surface area contributed by atoms with Crippen molar-refractivity contribution in [2.45, 2.75) is 13.0 Å². The highest BCUT2D eigenvalue weighted by molar-refractivity contribution is 8.18. The van der Waals surface area contributed by atoms with E-state index in [4.69, 9.17) is 14.4 Å². The first kappa shape index (κ1) is 24.5. The smallest absolute Gasteiger partial charge is 0.293 e. The predicted octanol–water partition coefficient (Wildman–Crippen LogP) is 3.21. The van der Waals surface area contributed by atoms with Crippen molar-refractivity contribution in [2.24, 2.45) is 0 Å². The lowest BCUT2D eigenvalue weighted by Gasteiger charge is -2.16. The Balaban J connectivity index is 1.61. The second-order valence-electron chi connectivity index (χ2n) is 6.94. The number of sulfonamides is 1. The van der Waals surface area contributed by atoms with Gasteiger partial charge in [-0.05, 0) is 48.2 Å². The van der Waals surface area contributed by atoms with Crippen LogP contribution in [0.5, 0.6) is 5.75 Å². The molecule has 9 nitrogen and oxygen atoms in total. The first-order valence-electron chi connectivity index (χ1n) is 9.72. The zero-order chi connectivity index (χ0) is 24.0. The van der Waals surface area contributed by atoms with Crippen LogP contribution < -0.4 is 4.74 Å². The van der Waals surface area contributed by atoms with Gasteiger partial charge in [0.25, 0.3) is 11.1 Å². The number of carbonyl (C=O) groups excluding carboxylic acids is 2. The quantitative estimate of drug-likeness (QED) is 0.463. The van der Waals surface area contributed by atoms with Gasteiger partial charge in [-0.15, -0.1) is 0 Å². The van der Waals surface area contributed by atoms with Crippen LogP contribution in [0.3, 0.4) is 0 Å². The van der Waals surface area contributed by atoms with Crippen molar-refractivity contribution >= 4 is 39.0 Å². The number of furan rings is 1. The molecule has 1 aromatic carbocycles. The van der Waals surface area contributed by atoms with Gasteiger partial charge in [0.2, 0.25) is 10.0 Å². The van der Waals surface area contributed by atoms with Crippen LogP contribution >= 0.6 is 11.8 Å². The second kappa shape index (κ2) is 10.7. The van der Waals surface area contributed by atoms with Crippen molar-refractivity contribution < 1.29 is 31.6 Å². The van der Waals surface area contributed by atoms with Crippen LogP contribution in [0.15, 0.2) is 45.7 Å². The summed E-state index contributed by atoms with van der Waals surface area (Å²) in [6.45, 7) is 0.0394. The van der Waals surface area contributed by atoms with Crippen LogP contribution in [-0.2, 0) is 21.4 Å². The summed E-state index contributed by atoms with van der Waals surface area (Å²) in [5.41, 5.74) is 0. The van der Waals surface area contributed by atoms with E-state index in [1.165, 1.54) is 30.3 Å². The Morgan fingerprint density at radius 3 is 2.64 bits per heavy atom. The first-order valence-corrected chi connectivity index (χ1v) is 12.4. The molecule has 0 bridgehead atoms. The molecular formula is C21H20FN3O6S2. The Morgan fingerprint density at radius 2 is 1.97 bits per heavy atom. The number of ether oxygens (including phenoxy) is 1. The molecule has 1 aliphatic heterocycles. The number of thioether (sulfide) groups is 1. The summed E-state index contributed by atoms with van der Waals surface area (Å²) < 4.78 is 48.8. The van der Waals surface area contributed by atoms with E-state index in [0.29, 0.717) is 11.5 Å².